The molecule has 0 bridgehead atoms. The highest BCUT2D eigenvalue weighted by molar-refractivity contribution is 7.22. The van der Waals surface area contributed by atoms with Crippen LogP contribution in [0.3, 0.4) is 0 Å². The number of fused-ring (bicyclic) bond motifs is 3. The van der Waals surface area contributed by atoms with E-state index in [0.29, 0.717) is 27.5 Å². The number of hydrazine groups is 1. The number of para-hydroxylation sites is 1. The number of hydrogen-bond acceptors (Lipinski definition) is 8. The molecular weight excluding hydrogens is 744 g/mol. The number of aromatic nitrogens is 1. The van der Waals surface area contributed by atoms with Crippen LogP contribution in [0.15, 0.2) is 109 Å². The molecule has 0 aliphatic carbocycles. The zero-order valence-corrected chi connectivity index (χ0v) is 31.4. The number of terminal acetylenes is 1. The first-order valence-electron chi connectivity index (χ1n) is 18.3. The largest absolute Gasteiger partial charge is 0.375 e. The van der Waals surface area contributed by atoms with Gasteiger partial charge in [-0.2, -0.15) is 5.01 Å². The van der Waals surface area contributed by atoms with Gasteiger partial charge in [-0.25, -0.2) is 19.2 Å². The van der Waals surface area contributed by atoms with Crippen LogP contribution >= 0.6 is 11.3 Å². The summed E-state index contributed by atoms with van der Waals surface area (Å²) in [5.41, 5.74) is 10.1. The third-order valence-corrected chi connectivity index (χ3v) is 11.1. The van der Waals surface area contributed by atoms with Gasteiger partial charge in [-0.3, -0.25) is 14.4 Å². The Bertz CT molecular complexity index is 2550. The Balaban J connectivity index is 1.06. The number of carbonyl (C=O) groups excluding carboxylic acids is 4. The maximum Gasteiger partial charge on any atom is 0.333 e. The number of amides is 5. The van der Waals surface area contributed by atoms with Crippen LogP contribution in [0.1, 0.15) is 27.0 Å². The predicted molar refractivity (Wildman–Crippen MR) is 217 cm³/mol. The lowest BCUT2D eigenvalue weighted by Gasteiger charge is -2.46. The molecule has 0 spiro atoms. The molecule has 2 aliphatic rings. The van der Waals surface area contributed by atoms with Gasteiger partial charge in [-0.1, -0.05) is 90.1 Å². The van der Waals surface area contributed by atoms with Gasteiger partial charge in [-0.05, 0) is 63.9 Å². The van der Waals surface area contributed by atoms with E-state index in [1.54, 1.807) is 45.1 Å². The number of halogens is 1. The second-order valence-corrected chi connectivity index (χ2v) is 14.9. The van der Waals surface area contributed by atoms with Crippen molar-refractivity contribution in [3.63, 3.8) is 0 Å². The van der Waals surface area contributed by atoms with Crippen LogP contribution in [0.2, 0.25) is 0 Å². The molecule has 0 saturated carbocycles. The maximum absolute atomic E-state index is 14.5. The Morgan fingerprint density at radius 1 is 0.947 bits per heavy atom. The van der Waals surface area contributed by atoms with Gasteiger partial charge in [0.15, 0.2) is 5.13 Å². The SMILES string of the molecule is C#CCN(C(=O)NCc1ccc(F)cc1)N1CC(=O)N2[C@@H](Cc3ccc(NC(=O)c4cccc5ccccc45)cc3)C(=O)N(Cc3cccc4sc(N)nc34)C[C@@H]21. The fourth-order valence-electron chi connectivity index (χ4n) is 7.55. The third kappa shape index (κ3) is 7.58. The first-order chi connectivity index (χ1) is 27.7. The minimum Gasteiger partial charge on any atom is -0.375 e. The highest BCUT2D eigenvalue weighted by Crippen LogP contribution is 2.33. The summed E-state index contributed by atoms with van der Waals surface area (Å²) in [4.78, 5) is 63.3. The first kappa shape index (κ1) is 37.1. The van der Waals surface area contributed by atoms with Crippen molar-refractivity contribution in [1.82, 2.24) is 30.1 Å². The Morgan fingerprint density at radius 2 is 1.68 bits per heavy atom. The number of nitrogens with one attached hydrogen (secondary N) is 2. The number of rotatable bonds is 10. The molecule has 8 rings (SSSR count). The van der Waals surface area contributed by atoms with E-state index in [1.165, 1.54) is 28.5 Å². The fourth-order valence-corrected chi connectivity index (χ4v) is 8.33. The standard InChI is InChI=1S/C43H37FN8O4S/c1-2-21-50(43(56)46-23-28-13-17-31(44)18-14-28)51-26-38(53)52-35(41(55)49(25-37(51)52)24-30-9-6-12-36-39(30)48-42(45)57-36)22-27-15-19-32(20-16-27)47-40(54)34-11-5-8-29-7-3-4-10-33(29)34/h1,3-20,35,37H,21-26H2,(H2,45,48)(H,46,56)(H,47,54)/t35-,37+/m0/s1. The molecule has 0 unspecified atom stereocenters. The van der Waals surface area contributed by atoms with E-state index in [-0.39, 0.29) is 56.9 Å². The molecule has 0 radical (unpaired) electrons. The van der Waals surface area contributed by atoms with Crippen molar-refractivity contribution in [2.75, 3.05) is 30.7 Å². The lowest BCUT2D eigenvalue weighted by atomic mass is 9.99. The van der Waals surface area contributed by atoms with E-state index in [0.717, 1.165) is 26.6 Å². The molecule has 2 fully saturated rings. The fraction of sp³-hybridized carbons (Fsp3) is 0.186. The second kappa shape index (κ2) is 15.7. The molecular formula is C43H37FN8O4S. The molecule has 2 saturated heterocycles. The van der Waals surface area contributed by atoms with Crippen LogP contribution in [0.5, 0.6) is 0 Å². The van der Waals surface area contributed by atoms with Gasteiger partial charge in [-0.15, -0.1) is 6.42 Å². The molecule has 5 aromatic carbocycles. The summed E-state index contributed by atoms with van der Waals surface area (Å²) in [6.07, 6.45) is 5.19. The van der Waals surface area contributed by atoms with Gasteiger partial charge in [0.2, 0.25) is 11.8 Å². The summed E-state index contributed by atoms with van der Waals surface area (Å²) >= 11 is 1.35. The summed E-state index contributed by atoms with van der Waals surface area (Å²) in [5, 5.41) is 10.9. The van der Waals surface area contributed by atoms with Gasteiger partial charge in [0, 0.05) is 30.8 Å². The monoisotopic (exact) mass is 780 g/mol. The van der Waals surface area contributed by atoms with E-state index in [9.17, 15) is 23.6 Å². The van der Waals surface area contributed by atoms with Gasteiger partial charge in [0.05, 0.1) is 29.9 Å². The van der Waals surface area contributed by atoms with E-state index in [1.807, 2.05) is 66.7 Å². The second-order valence-electron chi connectivity index (χ2n) is 13.9. The van der Waals surface area contributed by atoms with Gasteiger partial charge < -0.3 is 26.2 Å². The third-order valence-electron chi connectivity index (χ3n) is 10.3. The van der Waals surface area contributed by atoms with Crippen molar-refractivity contribution in [2.45, 2.75) is 31.7 Å². The van der Waals surface area contributed by atoms with Crippen molar-refractivity contribution in [3.8, 4) is 12.3 Å². The average molecular weight is 781 g/mol. The van der Waals surface area contributed by atoms with Crippen molar-refractivity contribution in [1.29, 1.82) is 0 Å². The van der Waals surface area contributed by atoms with Crippen LogP contribution in [0.4, 0.5) is 20.0 Å². The summed E-state index contributed by atoms with van der Waals surface area (Å²) in [5.74, 6) is 1.28. The van der Waals surface area contributed by atoms with Crippen LogP contribution in [0.25, 0.3) is 21.0 Å². The summed E-state index contributed by atoms with van der Waals surface area (Å²) in [7, 11) is 0. The number of carbonyl (C=O) groups is 4. The molecule has 6 aromatic rings. The van der Waals surface area contributed by atoms with Crippen LogP contribution in [-0.2, 0) is 29.1 Å². The highest BCUT2D eigenvalue weighted by Gasteiger charge is 2.52. The van der Waals surface area contributed by atoms with E-state index in [2.05, 4.69) is 21.5 Å². The number of nitrogens with two attached hydrogens (primary N) is 1. The Morgan fingerprint density at radius 3 is 2.47 bits per heavy atom. The first-order valence-corrected chi connectivity index (χ1v) is 19.1. The quantitative estimate of drug-likeness (QED) is 0.154. The van der Waals surface area contributed by atoms with Gasteiger partial charge in [0.25, 0.3) is 5.91 Å². The smallest absolute Gasteiger partial charge is 0.333 e. The number of piperazine rings is 1. The number of benzene rings is 5. The molecule has 286 valence electrons. The van der Waals surface area contributed by atoms with Crippen molar-refractivity contribution < 1.29 is 23.6 Å². The van der Waals surface area contributed by atoms with E-state index >= 15 is 0 Å². The number of thiazole rings is 1. The van der Waals surface area contributed by atoms with Crippen molar-refractivity contribution >= 4 is 66.9 Å². The lowest BCUT2D eigenvalue weighted by molar-refractivity contribution is -0.157. The topological polar surface area (TPSA) is 144 Å². The zero-order valence-electron chi connectivity index (χ0n) is 30.6. The number of hydrogen-bond donors (Lipinski definition) is 3. The molecule has 12 nitrogen and oxygen atoms in total. The van der Waals surface area contributed by atoms with Crippen molar-refractivity contribution in [3.05, 3.63) is 137 Å². The Hall–Kier alpha value is -6.82. The minimum atomic E-state index is -0.924. The number of anilines is 2. The van der Waals surface area contributed by atoms with E-state index < -0.39 is 24.1 Å². The van der Waals surface area contributed by atoms with E-state index in [4.69, 9.17) is 12.2 Å². The van der Waals surface area contributed by atoms with Crippen LogP contribution in [-0.4, -0.2) is 80.4 Å². The van der Waals surface area contributed by atoms with Crippen LogP contribution in [0, 0.1) is 18.2 Å². The summed E-state index contributed by atoms with van der Waals surface area (Å²) < 4.78 is 14.4. The number of nitrogens with zero attached hydrogens (tertiary/aromatic N) is 5. The Kier molecular flexibility index (Phi) is 10.2. The van der Waals surface area contributed by atoms with Gasteiger partial charge in [0.1, 0.15) is 18.0 Å². The minimum absolute atomic E-state index is 0.0858. The molecule has 1 aromatic heterocycles. The maximum atomic E-state index is 14.5. The molecule has 3 heterocycles. The Labute approximate surface area is 331 Å². The van der Waals surface area contributed by atoms with Gasteiger partial charge >= 0.3 is 6.03 Å². The number of nitrogen functional groups attached to an aromatic ring is 1. The molecule has 4 N–H and O–H groups in total. The molecule has 14 heteroatoms. The highest BCUT2D eigenvalue weighted by atomic mass is 32.1. The predicted octanol–water partition coefficient (Wildman–Crippen LogP) is 5.61. The van der Waals surface area contributed by atoms with Crippen LogP contribution < -0.4 is 16.4 Å². The molecule has 2 atom stereocenters. The lowest BCUT2D eigenvalue weighted by Crippen LogP contribution is -2.66. The average Bonchev–Trinajstić information content (AvgIpc) is 3.77. The molecule has 5 amide bonds. The zero-order chi connectivity index (χ0) is 39.6. The molecule has 2 aliphatic heterocycles. The van der Waals surface area contributed by atoms with Crippen molar-refractivity contribution in [2.24, 2.45) is 0 Å². The molecule has 57 heavy (non-hydrogen) atoms. The normalized spacial score (nSPS) is 16.8. The summed E-state index contributed by atoms with van der Waals surface area (Å²) in [6, 6.07) is 30.4. The summed E-state index contributed by atoms with van der Waals surface area (Å²) in [6.45, 7) is 0.0403. The number of urea groups is 1.